The van der Waals surface area contributed by atoms with Gasteiger partial charge in [0.15, 0.2) is 31.3 Å². The number of nitrogens with one attached hydrogen (secondary N) is 1. The minimum atomic E-state index is -2.02. The molecule has 0 aliphatic carbocycles. The van der Waals surface area contributed by atoms with Crippen molar-refractivity contribution in [2.45, 2.75) is 116 Å². The van der Waals surface area contributed by atoms with Crippen molar-refractivity contribution < 1.29 is 42.5 Å². The lowest BCUT2D eigenvalue weighted by atomic mass is 10.1. The zero-order valence-corrected chi connectivity index (χ0v) is 41.2. The van der Waals surface area contributed by atoms with E-state index in [1.807, 2.05) is 6.92 Å². The Kier molecular flexibility index (Phi) is 18.9. The molecule has 0 aromatic heterocycles. The van der Waals surface area contributed by atoms with Gasteiger partial charge in [0.1, 0.15) is 6.61 Å². The van der Waals surface area contributed by atoms with Crippen molar-refractivity contribution in [3.63, 3.8) is 0 Å². The van der Waals surface area contributed by atoms with Crippen molar-refractivity contribution in [2.75, 3.05) is 70.5 Å². The number of unbranched alkanes of at least 4 members (excludes halogenated alkanes) is 2. The van der Waals surface area contributed by atoms with Gasteiger partial charge in [0, 0.05) is 48.0 Å². The van der Waals surface area contributed by atoms with Crippen LogP contribution in [0.15, 0.2) is 48.6 Å². The second-order valence-corrected chi connectivity index (χ2v) is 25.6. The summed E-state index contributed by atoms with van der Waals surface area (Å²) in [4.78, 5) is 44.4. The molecule has 2 saturated heterocycles. The van der Waals surface area contributed by atoms with E-state index in [1.165, 1.54) is 14.2 Å². The van der Waals surface area contributed by atoms with Crippen LogP contribution in [0.3, 0.4) is 0 Å². The zero-order valence-electron chi connectivity index (χ0n) is 38.6. The highest BCUT2D eigenvalue weighted by Gasteiger charge is 2.40. The Morgan fingerprint density at radius 2 is 1.39 bits per heavy atom. The number of nitrogens with two attached hydrogens (primary N) is 1. The number of carbonyl (C=O) groups excluding carboxylic acids is 3. The number of nitrogen functional groups attached to an aromatic ring is 1. The average Bonchev–Trinajstić information content (AvgIpc) is 3.79. The molecule has 13 nitrogen and oxygen atoms in total. The summed E-state index contributed by atoms with van der Waals surface area (Å²) in [5.41, 5.74) is 9.68. The molecule has 2 aromatic carbocycles. The van der Waals surface area contributed by atoms with Gasteiger partial charge in [-0.3, -0.25) is 14.9 Å². The molecule has 344 valence electrons. The molecule has 0 bridgehead atoms. The fraction of sp³-hybridized carbons (Fsp3) is 0.587. The SMILES string of the molecule is C=C1C[C@@H](CO[Si](C)(C)C(C)(C)C)N(C(=O)c2cc(OC)c(OCCCCCOc3cc(NC(=O)OCCSSC(C)C)c(C(=O)N4CC(=C)C[C@H]4CC)cc3OC)cc2N)C1. The van der Waals surface area contributed by atoms with E-state index in [1.54, 1.807) is 55.7 Å². The third kappa shape index (κ3) is 13.8. The van der Waals surface area contributed by atoms with E-state index in [-0.39, 0.29) is 46.8 Å². The van der Waals surface area contributed by atoms with Crippen molar-refractivity contribution in [3.8, 4) is 23.0 Å². The second-order valence-electron chi connectivity index (χ2n) is 17.7. The molecule has 0 spiro atoms. The number of carbonyl (C=O) groups is 3. The largest absolute Gasteiger partial charge is 0.493 e. The Bertz CT molecular complexity index is 1900. The summed E-state index contributed by atoms with van der Waals surface area (Å²) in [6, 6.07) is 6.44. The Labute approximate surface area is 378 Å². The van der Waals surface area contributed by atoms with Gasteiger partial charge in [-0.05, 0) is 68.8 Å². The first kappa shape index (κ1) is 50.6. The number of anilines is 2. The number of benzene rings is 2. The van der Waals surface area contributed by atoms with Crippen LogP contribution in [-0.4, -0.2) is 113 Å². The van der Waals surface area contributed by atoms with Crippen molar-refractivity contribution >= 4 is 59.2 Å². The van der Waals surface area contributed by atoms with Crippen LogP contribution in [0.1, 0.15) is 101 Å². The molecule has 0 unspecified atom stereocenters. The van der Waals surface area contributed by atoms with E-state index >= 15 is 0 Å². The van der Waals surface area contributed by atoms with Gasteiger partial charge in [-0.1, -0.05) is 87.4 Å². The Hall–Kier alpha value is -3.99. The van der Waals surface area contributed by atoms with Crippen molar-refractivity contribution in [1.29, 1.82) is 0 Å². The first-order valence-corrected chi connectivity index (χ1v) is 26.8. The highest BCUT2D eigenvalue weighted by Crippen LogP contribution is 2.39. The summed E-state index contributed by atoms with van der Waals surface area (Å²) in [5.74, 6) is 1.86. The summed E-state index contributed by atoms with van der Waals surface area (Å²) in [7, 11) is 4.40. The molecule has 0 saturated carbocycles. The van der Waals surface area contributed by atoms with Crippen molar-refractivity contribution in [3.05, 3.63) is 59.7 Å². The van der Waals surface area contributed by atoms with Gasteiger partial charge >= 0.3 is 6.09 Å². The van der Waals surface area contributed by atoms with Crippen LogP contribution < -0.4 is 30.0 Å². The zero-order chi connectivity index (χ0) is 45.8. The molecule has 0 radical (unpaired) electrons. The molecule has 4 rings (SSSR count). The quantitative estimate of drug-likeness (QED) is 0.0380. The maximum Gasteiger partial charge on any atom is 0.411 e. The first-order chi connectivity index (χ1) is 29.3. The van der Waals surface area contributed by atoms with E-state index in [0.29, 0.717) is 97.4 Å². The lowest BCUT2D eigenvalue weighted by molar-refractivity contribution is 0.0685. The highest BCUT2D eigenvalue weighted by atomic mass is 33.1. The predicted molar refractivity (Wildman–Crippen MR) is 256 cm³/mol. The van der Waals surface area contributed by atoms with Gasteiger partial charge in [0.05, 0.1) is 56.9 Å². The number of likely N-dealkylation sites (tertiary alicyclic amines) is 2. The topological polar surface area (TPSA) is 151 Å². The smallest absolute Gasteiger partial charge is 0.411 e. The molecule has 16 heteroatoms. The van der Waals surface area contributed by atoms with E-state index in [9.17, 15) is 14.4 Å². The average molecular weight is 915 g/mol. The third-order valence-electron chi connectivity index (χ3n) is 11.5. The summed E-state index contributed by atoms with van der Waals surface area (Å²) in [5, 5.41) is 3.31. The predicted octanol–water partition coefficient (Wildman–Crippen LogP) is 10.2. The van der Waals surface area contributed by atoms with Crippen LogP contribution >= 0.6 is 21.6 Å². The van der Waals surface area contributed by atoms with Crippen LogP contribution in [0, 0.1) is 0 Å². The number of ether oxygens (including phenoxy) is 5. The monoisotopic (exact) mass is 914 g/mol. The summed E-state index contributed by atoms with van der Waals surface area (Å²) >= 11 is 0. The van der Waals surface area contributed by atoms with Gasteiger partial charge in [0.25, 0.3) is 11.8 Å². The van der Waals surface area contributed by atoms with Gasteiger partial charge in [0.2, 0.25) is 0 Å². The van der Waals surface area contributed by atoms with E-state index < -0.39 is 14.4 Å². The first-order valence-electron chi connectivity index (χ1n) is 21.6. The highest BCUT2D eigenvalue weighted by molar-refractivity contribution is 8.76. The van der Waals surface area contributed by atoms with Gasteiger partial charge in [-0.25, -0.2) is 4.79 Å². The lowest BCUT2D eigenvalue weighted by Gasteiger charge is -2.38. The molecule has 2 atom stereocenters. The lowest BCUT2D eigenvalue weighted by Crippen LogP contribution is -2.46. The molecule has 3 N–H and O–H groups in total. The minimum absolute atomic E-state index is 0.0191. The van der Waals surface area contributed by atoms with Gasteiger partial charge in [-0.2, -0.15) is 0 Å². The van der Waals surface area contributed by atoms with Gasteiger partial charge in [-0.15, -0.1) is 0 Å². The number of hydrogen-bond acceptors (Lipinski definition) is 12. The summed E-state index contributed by atoms with van der Waals surface area (Å²) in [6.45, 7) is 27.9. The molecule has 2 aromatic rings. The molecule has 2 fully saturated rings. The van der Waals surface area contributed by atoms with Crippen LogP contribution in [0.4, 0.5) is 16.2 Å². The van der Waals surface area contributed by atoms with Crippen LogP contribution in [0.5, 0.6) is 23.0 Å². The molecule has 2 aliphatic heterocycles. The van der Waals surface area contributed by atoms with Crippen LogP contribution in [0.2, 0.25) is 18.1 Å². The van der Waals surface area contributed by atoms with Crippen LogP contribution in [0.25, 0.3) is 0 Å². The fourth-order valence-electron chi connectivity index (χ4n) is 6.96. The Morgan fingerprint density at radius 3 is 1.95 bits per heavy atom. The normalized spacial score (nSPS) is 16.8. The molecule has 3 amide bonds. The van der Waals surface area contributed by atoms with Crippen molar-refractivity contribution in [2.24, 2.45) is 0 Å². The summed E-state index contributed by atoms with van der Waals surface area (Å²) < 4.78 is 35.6. The number of rotatable bonds is 22. The van der Waals surface area contributed by atoms with Crippen molar-refractivity contribution in [1.82, 2.24) is 9.80 Å². The maximum atomic E-state index is 14.0. The van der Waals surface area contributed by atoms with E-state index in [2.05, 4.69) is 66.2 Å². The molecular formula is C46H70N4O9S2Si. The number of hydrogen-bond donors (Lipinski definition) is 2. The number of nitrogens with zero attached hydrogens (tertiary/aromatic N) is 2. The van der Waals surface area contributed by atoms with E-state index in [4.69, 9.17) is 33.8 Å². The van der Waals surface area contributed by atoms with E-state index in [0.717, 1.165) is 30.4 Å². The molecule has 2 aliphatic rings. The molecular weight excluding hydrogens is 845 g/mol. The van der Waals surface area contributed by atoms with Crippen LogP contribution in [-0.2, 0) is 9.16 Å². The Balaban J connectivity index is 1.35. The minimum Gasteiger partial charge on any atom is -0.493 e. The maximum absolute atomic E-state index is 14.0. The second kappa shape index (κ2) is 23.1. The molecule has 2 heterocycles. The third-order valence-corrected chi connectivity index (χ3v) is 18.9. The number of amides is 3. The standard InChI is InChI=1S/C46H70N4O9S2Si/c1-13-33-21-31(4)27-49(33)44(52)36-24-40(55-10)42(26-38(36)48-45(53)58-19-20-60-61-30(2)3)57-18-16-14-15-17-56-41-25-37(47)35(23-39(41)54-9)43(51)50-28-32(5)22-34(50)29-59-62(11,12)46(6,7)8/h23-26,30,33-34H,4-5,13-22,27-29,47H2,1-3,6-12H3,(H,48,53)/t33-,34+/m1/s1. The van der Waals surface area contributed by atoms with Gasteiger partial charge < -0.3 is 43.6 Å². The fourth-order valence-corrected chi connectivity index (χ4v) is 9.84. The summed E-state index contributed by atoms with van der Waals surface area (Å²) in [6.07, 6.45) is 3.71. The molecule has 62 heavy (non-hydrogen) atoms. The Morgan fingerprint density at radius 1 is 0.839 bits per heavy atom. The number of methoxy groups -OCH3 is 2.